The van der Waals surface area contributed by atoms with Gasteiger partial charge >= 0.3 is 5.69 Å². The molecular weight excluding hydrogens is 388 g/mol. The third-order valence-corrected chi connectivity index (χ3v) is 5.93. The van der Waals surface area contributed by atoms with Crippen molar-refractivity contribution in [1.82, 2.24) is 24.2 Å². The van der Waals surface area contributed by atoms with E-state index in [0.717, 1.165) is 54.6 Å². The van der Waals surface area contributed by atoms with Crippen LogP contribution in [0.5, 0.6) is 0 Å². The van der Waals surface area contributed by atoms with Crippen LogP contribution >= 0.6 is 0 Å². The molecule has 162 valence electrons. The molecule has 0 radical (unpaired) electrons. The summed E-state index contributed by atoms with van der Waals surface area (Å²) >= 11 is 0. The van der Waals surface area contributed by atoms with Crippen molar-refractivity contribution in [2.45, 2.75) is 44.9 Å². The van der Waals surface area contributed by atoms with E-state index >= 15 is 0 Å². The Bertz CT molecular complexity index is 1040. The van der Waals surface area contributed by atoms with Crippen molar-refractivity contribution >= 4 is 5.82 Å². The molecule has 1 unspecified atom stereocenters. The number of hydrogen-bond donors (Lipinski definition) is 2. The van der Waals surface area contributed by atoms with Crippen LogP contribution in [0.25, 0.3) is 0 Å². The minimum Gasteiger partial charge on any atom is -0.376 e. The molecule has 1 fully saturated rings. The lowest BCUT2D eigenvalue weighted by Gasteiger charge is -2.36. The summed E-state index contributed by atoms with van der Waals surface area (Å²) in [5.41, 5.74) is 0.972. The van der Waals surface area contributed by atoms with E-state index in [9.17, 15) is 14.4 Å². The van der Waals surface area contributed by atoms with Crippen molar-refractivity contribution in [2.24, 2.45) is 7.05 Å². The number of ether oxygens (including phenoxy) is 1. The quantitative estimate of drug-likeness (QED) is 0.663. The van der Waals surface area contributed by atoms with Gasteiger partial charge in [0.25, 0.3) is 11.1 Å². The van der Waals surface area contributed by atoms with Crippen LogP contribution in [0.1, 0.15) is 30.5 Å². The van der Waals surface area contributed by atoms with Crippen LogP contribution in [-0.4, -0.2) is 56.5 Å². The van der Waals surface area contributed by atoms with Gasteiger partial charge in [0.2, 0.25) is 0 Å². The lowest BCUT2D eigenvalue weighted by molar-refractivity contribution is 0.107. The van der Waals surface area contributed by atoms with Crippen molar-refractivity contribution < 1.29 is 4.74 Å². The molecule has 0 aliphatic carbocycles. The highest BCUT2D eigenvalue weighted by atomic mass is 16.5. The zero-order chi connectivity index (χ0) is 21.1. The Morgan fingerprint density at radius 3 is 2.90 bits per heavy atom. The van der Waals surface area contributed by atoms with E-state index in [4.69, 9.17) is 4.74 Å². The first-order valence-electron chi connectivity index (χ1n) is 10.5. The predicted octanol–water partition coefficient (Wildman–Crippen LogP) is -0.330. The summed E-state index contributed by atoms with van der Waals surface area (Å²) in [5, 5.41) is 7.74. The number of rotatable bonds is 6. The summed E-state index contributed by atoms with van der Waals surface area (Å²) in [4.78, 5) is 41.0. The maximum Gasteiger partial charge on any atom is 0.329 e. The van der Waals surface area contributed by atoms with Gasteiger partial charge in [0, 0.05) is 50.3 Å². The lowest BCUT2D eigenvalue weighted by Crippen LogP contribution is -2.46. The van der Waals surface area contributed by atoms with Gasteiger partial charge in [0.15, 0.2) is 0 Å². The summed E-state index contributed by atoms with van der Waals surface area (Å²) in [7, 11) is 1.44. The Balaban J connectivity index is 1.40. The second-order valence-corrected chi connectivity index (χ2v) is 7.93. The van der Waals surface area contributed by atoms with Crippen LogP contribution in [-0.2, 0) is 31.4 Å². The summed E-state index contributed by atoms with van der Waals surface area (Å²) < 4.78 is 7.99. The first-order valence-corrected chi connectivity index (χ1v) is 10.5. The largest absolute Gasteiger partial charge is 0.376 e. The first kappa shape index (κ1) is 20.5. The van der Waals surface area contributed by atoms with E-state index in [0.29, 0.717) is 32.1 Å². The molecule has 0 spiro atoms. The second kappa shape index (κ2) is 8.97. The highest BCUT2D eigenvalue weighted by molar-refractivity contribution is 5.32. The topological polar surface area (TPSA) is 114 Å². The maximum absolute atomic E-state index is 12.4. The molecule has 0 aromatic carbocycles. The number of fused-ring (bicyclic) bond motifs is 1. The zero-order valence-electron chi connectivity index (χ0n) is 17.2. The van der Waals surface area contributed by atoms with E-state index in [1.54, 1.807) is 10.7 Å². The van der Waals surface area contributed by atoms with E-state index < -0.39 is 5.69 Å². The molecule has 2 aromatic heterocycles. The third-order valence-electron chi connectivity index (χ3n) is 5.93. The number of anilines is 1. The SMILES string of the molecule is Cn1c(=O)cc(NCC2CCCCN2CCn2nc3c(cc2=O)COCC3)[nH]c1=O. The highest BCUT2D eigenvalue weighted by Crippen LogP contribution is 2.17. The fourth-order valence-corrected chi connectivity index (χ4v) is 4.10. The summed E-state index contributed by atoms with van der Waals surface area (Å²) in [6.45, 7) is 3.93. The van der Waals surface area contributed by atoms with Crippen LogP contribution in [0, 0.1) is 0 Å². The van der Waals surface area contributed by atoms with E-state index in [1.807, 2.05) is 0 Å². The fourth-order valence-electron chi connectivity index (χ4n) is 4.10. The number of piperidine rings is 1. The Hall–Kier alpha value is -2.72. The summed E-state index contributed by atoms with van der Waals surface area (Å²) in [6, 6.07) is 3.30. The molecule has 0 bridgehead atoms. The number of aromatic nitrogens is 4. The molecule has 4 rings (SSSR count). The molecule has 1 atom stereocenters. The van der Waals surface area contributed by atoms with Crippen LogP contribution in [0.2, 0.25) is 0 Å². The number of likely N-dealkylation sites (tertiary alicyclic amines) is 1. The van der Waals surface area contributed by atoms with Gasteiger partial charge in [-0.15, -0.1) is 0 Å². The predicted molar refractivity (Wildman–Crippen MR) is 112 cm³/mol. The molecule has 2 aliphatic heterocycles. The molecule has 10 heteroatoms. The minimum absolute atomic E-state index is 0.0939. The average Bonchev–Trinajstić information content (AvgIpc) is 2.75. The van der Waals surface area contributed by atoms with Crippen molar-refractivity contribution in [2.75, 3.05) is 31.6 Å². The number of nitrogens with zero attached hydrogens (tertiary/aromatic N) is 4. The van der Waals surface area contributed by atoms with Crippen molar-refractivity contribution in [1.29, 1.82) is 0 Å². The van der Waals surface area contributed by atoms with Crippen molar-refractivity contribution in [3.63, 3.8) is 0 Å². The Morgan fingerprint density at radius 1 is 1.20 bits per heavy atom. The zero-order valence-corrected chi connectivity index (χ0v) is 17.2. The van der Waals surface area contributed by atoms with Gasteiger partial charge in [-0.25, -0.2) is 9.48 Å². The molecule has 30 heavy (non-hydrogen) atoms. The normalized spacial score (nSPS) is 19.4. The van der Waals surface area contributed by atoms with Crippen LogP contribution < -0.4 is 22.1 Å². The molecule has 0 saturated carbocycles. The van der Waals surface area contributed by atoms with Gasteiger partial charge in [0.05, 0.1) is 25.5 Å². The molecule has 0 amide bonds. The average molecular weight is 416 g/mol. The second-order valence-electron chi connectivity index (χ2n) is 7.93. The number of hydrogen-bond acceptors (Lipinski definition) is 7. The van der Waals surface area contributed by atoms with Crippen molar-refractivity contribution in [3.05, 3.63) is 54.6 Å². The molecule has 4 heterocycles. The number of aromatic amines is 1. The van der Waals surface area contributed by atoms with E-state index in [2.05, 4.69) is 20.3 Å². The standard InChI is InChI=1S/C20H28N6O4/c1-24-18(27)11-17(22-20(24)29)21-12-15-4-2-3-6-25(15)7-8-26-19(28)10-14-13-30-9-5-16(14)23-26/h10-11,15,21H,2-9,12-13H2,1H3,(H,22,29). The Morgan fingerprint density at radius 2 is 2.07 bits per heavy atom. The molecule has 2 aliphatic rings. The van der Waals surface area contributed by atoms with Gasteiger partial charge in [-0.3, -0.25) is 24.0 Å². The number of H-pyrrole nitrogens is 1. The number of nitrogens with one attached hydrogen (secondary N) is 2. The van der Waals surface area contributed by atoms with Gasteiger partial charge in [-0.1, -0.05) is 6.42 Å². The van der Waals surface area contributed by atoms with Gasteiger partial charge in [0.1, 0.15) is 5.82 Å². The molecule has 2 aromatic rings. The van der Waals surface area contributed by atoms with E-state index in [1.165, 1.54) is 13.1 Å². The first-order chi connectivity index (χ1) is 14.5. The van der Waals surface area contributed by atoms with Crippen LogP contribution in [0.4, 0.5) is 5.82 Å². The fraction of sp³-hybridized carbons (Fsp3) is 0.600. The minimum atomic E-state index is -0.436. The molecular formula is C20H28N6O4. The van der Waals surface area contributed by atoms with Crippen molar-refractivity contribution in [3.8, 4) is 0 Å². The van der Waals surface area contributed by atoms with E-state index in [-0.39, 0.29) is 17.2 Å². The summed E-state index contributed by atoms with van der Waals surface area (Å²) in [6.07, 6.45) is 4.00. The Labute approximate surface area is 173 Å². The molecule has 1 saturated heterocycles. The van der Waals surface area contributed by atoms with Gasteiger partial charge < -0.3 is 10.1 Å². The lowest BCUT2D eigenvalue weighted by atomic mass is 10.0. The monoisotopic (exact) mass is 416 g/mol. The molecule has 2 N–H and O–H groups in total. The summed E-state index contributed by atoms with van der Waals surface area (Å²) in [5.74, 6) is 0.434. The molecule has 10 nitrogen and oxygen atoms in total. The smallest absolute Gasteiger partial charge is 0.329 e. The third kappa shape index (κ3) is 4.54. The Kier molecular flexibility index (Phi) is 6.14. The van der Waals surface area contributed by atoms with Crippen LogP contribution in [0.3, 0.4) is 0 Å². The van der Waals surface area contributed by atoms with Gasteiger partial charge in [-0.2, -0.15) is 5.10 Å². The highest BCUT2D eigenvalue weighted by Gasteiger charge is 2.23. The van der Waals surface area contributed by atoms with Crippen LogP contribution in [0.15, 0.2) is 26.5 Å². The maximum atomic E-state index is 12.4. The van der Waals surface area contributed by atoms with Gasteiger partial charge in [-0.05, 0) is 19.4 Å².